The predicted octanol–water partition coefficient (Wildman–Crippen LogP) is 4.82. The lowest BCUT2D eigenvalue weighted by molar-refractivity contribution is 1.45. The van der Waals surface area contributed by atoms with Crippen molar-refractivity contribution < 1.29 is 0 Å². The summed E-state index contributed by atoms with van der Waals surface area (Å²) in [6.45, 7) is 6.23. The molecule has 0 fully saturated rings. The molecule has 0 amide bonds. The number of hydrogen-bond acceptors (Lipinski definition) is 0. The van der Waals surface area contributed by atoms with Crippen molar-refractivity contribution in [1.29, 1.82) is 0 Å². The van der Waals surface area contributed by atoms with Crippen molar-refractivity contribution in [3.8, 4) is 0 Å². The van der Waals surface area contributed by atoms with Crippen molar-refractivity contribution in [2.24, 2.45) is 0 Å². The summed E-state index contributed by atoms with van der Waals surface area (Å²) in [5, 5.41) is 0. The van der Waals surface area contributed by atoms with Gasteiger partial charge in [0.05, 0.1) is 0 Å². The summed E-state index contributed by atoms with van der Waals surface area (Å²) in [5.41, 5.74) is 4.67. The van der Waals surface area contributed by atoms with Crippen molar-refractivity contribution in [3.63, 3.8) is 0 Å². The fourth-order valence-corrected chi connectivity index (χ4v) is 1.84. The minimum absolute atomic E-state index is 1.06. The smallest absolute Gasteiger partial charge is 0.0175 e. The number of aryl methyl sites for hydroxylation is 1. The van der Waals surface area contributed by atoms with Crippen LogP contribution in [0.1, 0.15) is 16.7 Å². The van der Waals surface area contributed by atoms with Gasteiger partial charge >= 0.3 is 0 Å². The molecular weight excluding hydrogens is 260 g/mol. The summed E-state index contributed by atoms with van der Waals surface area (Å²) in [4.78, 5) is 0. The number of hydrogen-bond donors (Lipinski definition) is 0. The van der Waals surface area contributed by atoms with Crippen molar-refractivity contribution in [3.05, 3.63) is 76.3 Å². The van der Waals surface area contributed by atoms with Crippen LogP contribution in [0, 0.1) is 6.92 Å². The summed E-state index contributed by atoms with van der Waals surface area (Å²) in [6, 6.07) is 16.7. The maximum absolute atomic E-state index is 4.14. The summed E-state index contributed by atoms with van der Waals surface area (Å²) >= 11 is 3.43. The molecular formula is C15H13Br. The lowest BCUT2D eigenvalue weighted by Crippen LogP contribution is -1.86. The van der Waals surface area contributed by atoms with Gasteiger partial charge in [-0.1, -0.05) is 64.5 Å². The van der Waals surface area contributed by atoms with Crippen LogP contribution in [-0.4, -0.2) is 0 Å². The van der Waals surface area contributed by atoms with Crippen LogP contribution in [0.15, 0.2) is 59.6 Å². The van der Waals surface area contributed by atoms with Crippen molar-refractivity contribution >= 4 is 21.5 Å². The van der Waals surface area contributed by atoms with Gasteiger partial charge in [-0.2, -0.15) is 0 Å². The van der Waals surface area contributed by atoms with Gasteiger partial charge in [0.25, 0.3) is 0 Å². The van der Waals surface area contributed by atoms with E-state index >= 15 is 0 Å². The standard InChI is InChI=1S/C15H13Br/c1-11-3-5-13(6-4-11)12(2)14-7-9-15(16)10-8-14/h3-10H,2H2,1H3. The van der Waals surface area contributed by atoms with Crippen LogP contribution in [0.5, 0.6) is 0 Å². The molecule has 0 nitrogen and oxygen atoms in total. The zero-order valence-corrected chi connectivity index (χ0v) is 10.8. The molecule has 1 heteroatoms. The highest BCUT2D eigenvalue weighted by Gasteiger charge is 2.01. The normalized spacial score (nSPS) is 10.1. The van der Waals surface area contributed by atoms with Crippen molar-refractivity contribution in [2.45, 2.75) is 6.92 Å². The van der Waals surface area contributed by atoms with Gasteiger partial charge in [-0.05, 0) is 35.8 Å². The fourth-order valence-electron chi connectivity index (χ4n) is 1.57. The van der Waals surface area contributed by atoms with Crippen LogP contribution in [0.2, 0.25) is 0 Å². The average molecular weight is 273 g/mol. The molecule has 0 aliphatic rings. The third-order valence-corrected chi connectivity index (χ3v) is 3.12. The Morgan fingerprint density at radius 2 is 1.31 bits per heavy atom. The van der Waals surface area contributed by atoms with Crippen LogP contribution >= 0.6 is 15.9 Å². The lowest BCUT2D eigenvalue weighted by atomic mass is 9.99. The van der Waals surface area contributed by atoms with E-state index in [0.29, 0.717) is 0 Å². The molecule has 0 atom stereocenters. The molecule has 0 saturated heterocycles. The highest BCUT2D eigenvalue weighted by atomic mass is 79.9. The summed E-state index contributed by atoms with van der Waals surface area (Å²) in [7, 11) is 0. The molecule has 0 heterocycles. The Morgan fingerprint density at radius 1 is 0.875 bits per heavy atom. The van der Waals surface area contributed by atoms with Crippen molar-refractivity contribution in [1.82, 2.24) is 0 Å². The summed E-state index contributed by atoms with van der Waals surface area (Å²) < 4.78 is 1.09. The van der Waals surface area contributed by atoms with E-state index in [1.807, 2.05) is 12.1 Å². The lowest BCUT2D eigenvalue weighted by Gasteiger charge is -2.06. The molecule has 2 aromatic rings. The van der Waals surface area contributed by atoms with E-state index in [0.717, 1.165) is 15.6 Å². The first-order valence-corrected chi connectivity index (χ1v) is 5.98. The van der Waals surface area contributed by atoms with E-state index in [9.17, 15) is 0 Å². The maximum Gasteiger partial charge on any atom is 0.0175 e. The highest BCUT2D eigenvalue weighted by Crippen LogP contribution is 2.23. The third kappa shape index (κ3) is 2.42. The first kappa shape index (κ1) is 11.2. The van der Waals surface area contributed by atoms with Gasteiger partial charge in [0, 0.05) is 4.47 Å². The van der Waals surface area contributed by atoms with Gasteiger partial charge in [-0.3, -0.25) is 0 Å². The molecule has 0 saturated carbocycles. The number of benzene rings is 2. The Hall–Kier alpha value is -1.34. The monoisotopic (exact) mass is 272 g/mol. The van der Waals surface area contributed by atoms with Gasteiger partial charge < -0.3 is 0 Å². The quantitative estimate of drug-likeness (QED) is 0.736. The molecule has 80 valence electrons. The Labute approximate surface area is 105 Å². The molecule has 0 aliphatic heterocycles. The van der Waals surface area contributed by atoms with E-state index in [2.05, 4.69) is 65.8 Å². The third-order valence-electron chi connectivity index (χ3n) is 2.59. The Kier molecular flexibility index (Phi) is 3.25. The SMILES string of the molecule is C=C(c1ccc(C)cc1)c1ccc(Br)cc1. The van der Waals surface area contributed by atoms with Gasteiger partial charge in [0.2, 0.25) is 0 Å². The molecule has 0 aromatic heterocycles. The second-order valence-electron chi connectivity index (χ2n) is 3.85. The molecule has 0 radical (unpaired) electrons. The molecule has 0 aliphatic carbocycles. The van der Waals surface area contributed by atoms with E-state index < -0.39 is 0 Å². The van der Waals surface area contributed by atoms with Gasteiger partial charge in [-0.15, -0.1) is 0 Å². The number of halogens is 1. The largest absolute Gasteiger partial charge is 0.0906 e. The first-order valence-electron chi connectivity index (χ1n) is 5.19. The van der Waals surface area contributed by atoms with Crippen LogP contribution in [0.3, 0.4) is 0 Å². The minimum atomic E-state index is 1.06. The molecule has 0 spiro atoms. The molecule has 0 unspecified atom stereocenters. The topological polar surface area (TPSA) is 0 Å². The van der Waals surface area contributed by atoms with Crippen LogP contribution in [0.4, 0.5) is 0 Å². The molecule has 2 rings (SSSR count). The fraction of sp³-hybridized carbons (Fsp3) is 0.0667. The van der Waals surface area contributed by atoms with E-state index in [4.69, 9.17) is 0 Å². The van der Waals surface area contributed by atoms with Gasteiger partial charge in [0.1, 0.15) is 0 Å². The molecule has 0 bridgehead atoms. The molecule has 0 N–H and O–H groups in total. The van der Waals surface area contributed by atoms with E-state index in [-0.39, 0.29) is 0 Å². The van der Waals surface area contributed by atoms with E-state index in [1.54, 1.807) is 0 Å². The molecule has 2 aromatic carbocycles. The van der Waals surface area contributed by atoms with Crippen LogP contribution in [0.25, 0.3) is 5.57 Å². The van der Waals surface area contributed by atoms with Gasteiger partial charge in [0.15, 0.2) is 0 Å². The zero-order chi connectivity index (χ0) is 11.5. The van der Waals surface area contributed by atoms with Crippen LogP contribution in [-0.2, 0) is 0 Å². The zero-order valence-electron chi connectivity index (χ0n) is 9.20. The second kappa shape index (κ2) is 4.67. The molecule has 16 heavy (non-hydrogen) atoms. The van der Waals surface area contributed by atoms with Gasteiger partial charge in [-0.25, -0.2) is 0 Å². The Bertz CT molecular complexity index is 444. The maximum atomic E-state index is 4.14. The average Bonchev–Trinajstić information content (AvgIpc) is 2.30. The number of rotatable bonds is 2. The second-order valence-corrected chi connectivity index (χ2v) is 4.77. The summed E-state index contributed by atoms with van der Waals surface area (Å²) in [5.74, 6) is 0. The Balaban J connectivity index is 2.32. The summed E-state index contributed by atoms with van der Waals surface area (Å²) in [6.07, 6.45) is 0. The first-order chi connectivity index (χ1) is 7.66. The van der Waals surface area contributed by atoms with E-state index in [1.165, 1.54) is 11.1 Å². The predicted molar refractivity (Wildman–Crippen MR) is 73.5 cm³/mol. The Morgan fingerprint density at radius 3 is 1.81 bits per heavy atom. The van der Waals surface area contributed by atoms with Crippen LogP contribution < -0.4 is 0 Å². The highest BCUT2D eigenvalue weighted by molar-refractivity contribution is 9.10. The van der Waals surface area contributed by atoms with Crippen molar-refractivity contribution in [2.75, 3.05) is 0 Å². The minimum Gasteiger partial charge on any atom is -0.0906 e.